The van der Waals surface area contributed by atoms with Gasteiger partial charge in [0, 0.05) is 34.3 Å². The lowest BCUT2D eigenvalue weighted by molar-refractivity contribution is 1.05. The van der Waals surface area contributed by atoms with Crippen molar-refractivity contribution in [3.05, 3.63) is 52.4 Å². The third kappa shape index (κ3) is 1.85. The molecular weight excluding hydrogens is 286 g/mol. The number of rotatable bonds is 1. The highest BCUT2D eigenvalue weighted by Gasteiger charge is 2.17. The fraction of sp³-hybridized carbons (Fsp3) is 0.133. The highest BCUT2D eigenvalue weighted by Crippen LogP contribution is 2.31. The standard InChI is InChI=1S/C15H11N3S2/c19-15-11-7-20-8-12(11)17-14(18-15)13-10-4-2-1-3-9(10)5-6-16-13/h1-6H,7-8H2,(H,17,18,19). The maximum Gasteiger partial charge on any atom is 0.158 e. The van der Waals surface area contributed by atoms with Gasteiger partial charge in [-0.15, -0.1) is 0 Å². The molecule has 5 heteroatoms. The van der Waals surface area contributed by atoms with Gasteiger partial charge in [-0.3, -0.25) is 4.98 Å². The minimum Gasteiger partial charge on any atom is -0.341 e. The molecule has 0 saturated carbocycles. The second-order valence-electron chi connectivity index (χ2n) is 4.72. The lowest BCUT2D eigenvalue weighted by Crippen LogP contribution is -1.99. The molecule has 3 nitrogen and oxygen atoms in total. The van der Waals surface area contributed by atoms with Crippen molar-refractivity contribution in [2.75, 3.05) is 0 Å². The van der Waals surface area contributed by atoms with Crippen LogP contribution in [0.2, 0.25) is 0 Å². The van der Waals surface area contributed by atoms with Crippen LogP contribution < -0.4 is 0 Å². The zero-order chi connectivity index (χ0) is 13.5. The number of nitrogens with zero attached hydrogens (tertiary/aromatic N) is 2. The predicted octanol–water partition coefficient (Wildman–Crippen LogP) is 4.10. The second kappa shape index (κ2) is 4.68. The Bertz CT molecular complexity index is 865. The van der Waals surface area contributed by atoms with E-state index in [1.54, 1.807) is 0 Å². The molecule has 1 aromatic carbocycles. The molecule has 0 saturated heterocycles. The molecule has 3 heterocycles. The second-order valence-corrected chi connectivity index (χ2v) is 6.09. The molecule has 2 aromatic heterocycles. The van der Waals surface area contributed by atoms with Crippen LogP contribution in [0.15, 0.2) is 36.5 Å². The molecule has 98 valence electrons. The van der Waals surface area contributed by atoms with Gasteiger partial charge in [-0.25, -0.2) is 4.98 Å². The Hall–Kier alpha value is -1.72. The molecule has 0 radical (unpaired) electrons. The van der Waals surface area contributed by atoms with Gasteiger partial charge in [-0.2, -0.15) is 11.8 Å². The van der Waals surface area contributed by atoms with Gasteiger partial charge in [0.15, 0.2) is 5.82 Å². The number of aromatic nitrogens is 3. The molecule has 0 aliphatic carbocycles. The topological polar surface area (TPSA) is 41.6 Å². The molecule has 0 unspecified atom stereocenters. The van der Waals surface area contributed by atoms with E-state index in [0.29, 0.717) is 4.64 Å². The smallest absolute Gasteiger partial charge is 0.158 e. The largest absolute Gasteiger partial charge is 0.341 e. The molecule has 1 aliphatic heterocycles. The molecule has 0 atom stereocenters. The highest BCUT2D eigenvalue weighted by molar-refractivity contribution is 7.98. The number of fused-ring (bicyclic) bond motifs is 2. The van der Waals surface area contributed by atoms with E-state index in [4.69, 9.17) is 12.2 Å². The van der Waals surface area contributed by atoms with E-state index in [9.17, 15) is 0 Å². The summed E-state index contributed by atoms with van der Waals surface area (Å²) in [6, 6.07) is 10.2. The van der Waals surface area contributed by atoms with Crippen molar-refractivity contribution < 1.29 is 0 Å². The number of hydrogen-bond acceptors (Lipinski definition) is 4. The third-order valence-electron chi connectivity index (χ3n) is 3.50. The van der Waals surface area contributed by atoms with Crippen LogP contribution in [0.4, 0.5) is 0 Å². The van der Waals surface area contributed by atoms with Crippen molar-refractivity contribution in [2.45, 2.75) is 11.5 Å². The van der Waals surface area contributed by atoms with E-state index < -0.39 is 0 Å². The number of aromatic amines is 1. The van der Waals surface area contributed by atoms with E-state index in [-0.39, 0.29) is 0 Å². The summed E-state index contributed by atoms with van der Waals surface area (Å²) in [5.74, 6) is 2.70. The van der Waals surface area contributed by atoms with E-state index in [1.165, 1.54) is 11.3 Å². The van der Waals surface area contributed by atoms with E-state index in [0.717, 1.165) is 33.8 Å². The number of hydrogen-bond donors (Lipinski definition) is 1. The minimum absolute atomic E-state index is 0.702. The third-order valence-corrected chi connectivity index (χ3v) is 4.82. The van der Waals surface area contributed by atoms with Crippen molar-refractivity contribution in [1.82, 2.24) is 15.0 Å². The number of pyridine rings is 1. The summed E-state index contributed by atoms with van der Waals surface area (Å²) in [4.78, 5) is 12.5. The van der Waals surface area contributed by atoms with Crippen molar-refractivity contribution >= 4 is 34.8 Å². The van der Waals surface area contributed by atoms with Gasteiger partial charge in [-0.1, -0.05) is 36.5 Å². The molecular formula is C15H11N3S2. The van der Waals surface area contributed by atoms with Crippen LogP contribution in [0, 0.1) is 4.64 Å². The first-order valence-corrected chi connectivity index (χ1v) is 7.93. The van der Waals surface area contributed by atoms with Crippen LogP contribution >= 0.6 is 24.0 Å². The molecule has 0 bridgehead atoms. The summed E-state index contributed by atoms with van der Waals surface area (Å²) < 4.78 is 0.702. The normalized spacial score (nSPS) is 13.6. The van der Waals surface area contributed by atoms with Gasteiger partial charge < -0.3 is 4.98 Å². The Morgan fingerprint density at radius 2 is 2.05 bits per heavy atom. The zero-order valence-corrected chi connectivity index (χ0v) is 12.2. The van der Waals surface area contributed by atoms with Crippen LogP contribution in [0.5, 0.6) is 0 Å². The molecule has 20 heavy (non-hydrogen) atoms. The Labute approximate surface area is 125 Å². The van der Waals surface area contributed by atoms with Gasteiger partial charge in [0.25, 0.3) is 0 Å². The maximum absolute atomic E-state index is 5.42. The summed E-state index contributed by atoms with van der Waals surface area (Å²) in [6.07, 6.45) is 1.82. The summed E-state index contributed by atoms with van der Waals surface area (Å²) in [5, 5.41) is 2.26. The number of nitrogens with one attached hydrogen (secondary N) is 1. The Morgan fingerprint density at radius 1 is 1.15 bits per heavy atom. The molecule has 4 rings (SSSR count). The first kappa shape index (κ1) is 12.1. The molecule has 1 N–H and O–H groups in total. The Kier molecular flexibility index (Phi) is 2.82. The summed E-state index contributed by atoms with van der Waals surface area (Å²) in [6.45, 7) is 0. The zero-order valence-electron chi connectivity index (χ0n) is 10.6. The van der Waals surface area contributed by atoms with Crippen LogP contribution in [0.3, 0.4) is 0 Å². The van der Waals surface area contributed by atoms with Gasteiger partial charge in [0.2, 0.25) is 0 Å². The maximum atomic E-state index is 5.42. The quantitative estimate of drug-likeness (QED) is 0.687. The average Bonchev–Trinajstić information content (AvgIpc) is 2.95. The van der Waals surface area contributed by atoms with E-state index in [2.05, 4.69) is 27.1 Å². The van der Waals surface area contributed by atoms with Gasteiger partial charge in [0.1, 0.15) is 10.3 Å². The van der Waals surface area contributed by atoms with E-state index in [1.807, 2.05) is 36.2 Å². The number of benzene rings is 1. The van der Waals surface area contributed by atoms with Gasteiger partial charge >= 0.3 is 0 Å². The van der Waals surface area contributed by atoms with Crippen LogP contribution in [0.1, 0.15) is 11.3 Å². The number of thioether (sulfide) groups is 1. The average molecular weight is 297 g/mol. The van der Waals surface area contributed by atoms with Crippen molar-refractivity contribution in [2.24, 2.45) is 0 Å². The van der Waals surface area contributed by atoms with Crippen LogP contribution in [0.25, 0.3) is 22.3 Å². The van der Waals surface area contributed by atoms with Crippen molar-refractivity contribution in [1.29, 1.82) is 0 Å². The minimum atomic E-state index is 0.702. The fourth-order valence-corrected chi connectivity index (χ4v) is 3.94. The summed E-state index contributed by atoms with van der Waals surface area (Å²) >= 11 is 7.28. The van der Waals surface area contributed by atoms with Gasteiger partial charge in [-0.05, 0) is 11.5 Å². The van der Waals surface area contributed by atoms with Crippen molar-refractivity contribution in [3.63, 3.8) is 0 Å². The van der Waals surface area contributed by atoms with Crippen LogP contribution in [-0.4, -0.2) is 15.0 Å². The monoisotopic (exact) mass is 297 g/mol. The first-order valence-electron chi connectivity index (χ1n) is 6.37. The number of H-pyrrole nitrogens is 1. The van der Waals surface area contributed by atoms with Gasteiger partial charge in [0.05, 0.1) is 0 Å². The lowest BCUT2D eigenvalue weighted by Gasteiger charge is -2.07. The molecule has 0 amide bonds. The molecule has 3 aromatic rings. The Balaban J connectivity index is 2.01. The lowest BCUT2D eigenvalue weighted by atomic mass is 10.1. The molecule has 1 aliphatic rings. The summed E-state index contributed by atoms with van der Waals surface area (Å²) in [7, 11) is 0. The SMILES string of the molecule is S=c1nc(-c2nccc3ccccc23)[nH]c2c1CSC2. The summed E-state index contributed by atoms with van der Waals surface area (Å²) in [5.41, 5.74) is 3.24. The molecule has 0 fully saturated rings. The first-order chi connectivity index (χ1) is 9.83. The van der Waals surface area contributed by atoms with E-state index >= 15 is 0 Å². The predicted molar refractivity (Wildman–Crippen MR) is 85.2 cm³/mol. The van der Waals surface area contributed by atoms with Crippen LogP contribution in [-0.2, 0) is 11.5 Å². The molecule has 0 spiro atoms. The fourth-order valence-electron chi connectivity index (χ4n) is 2.49. The Morgan fingerprint density at radius 3 is 3.00 bits per heavy atom. The van der Waals surface area contributed by atoms with Crippen molar-refractivity contribution in [3.8, 4) is 11.5 Å². The highest BCUT2D eigenvalue weighted by atomic mass is 32.2.